The van der Waals surface area contributed by atoms with Gasteiger partial charge in [0.25, 0.3) is 5.91 Å². The molecule has 0 saturated carbocycles. The molecule has 0 unspecified atom stereocenters. The number of likely N-dealkylation sites (N-methyl/N-ethyl adjacent to an activating group) is 1. The van der Waals surface area contributed by atoms with Gasteiger partial charge in [-0.25, -0.2) is 4.79 Å². The summed E-state index contributed by atoms with van der Waals surface area (Å²) in [6.45, 7) is 1.53. The van der Waals surface area contributed by atoms with E-state index in [0.29, 0.717) is 12.1 Å². The number of para-hydroxylation sites is 1. The van der Waals surface area contributed by atoms with Crippen LogP contribution in [0, 0.1) is 0 Å². The van der Waals surface area contributed by atoms with E-state index in [0.717, 1.165) is 5.56 Å². The standard InChI is InChI=1S/C21H25N3O4/c1-14(21(27)28-3)23-19(25)16-11-7-8-12-17(16)24-20(26)18(22-2)13-15-9-5-4-6-10-15/h4-12,14,18,22H,13H2,1-3H3,(H,23,25)(H,24,26)/t14-,18-/m0/s1. The first-order valence-corrected chi connectivity index (χ1v) is 8.96. The molecule has 2 aromatic carbocycles. The van der Waals surface area contributed by atoms with Crippen molar-refractivity contribution in [2.45, 2.75) is 25.4 Å². The monoisotopic (exact) mass is 383 g/mol. The molecule has 0 aliphatic rings. The average Bonchev–Trinajstić information content (AvgIpc) is 2.72. The van der Waals surface area contributed by atoms with Gasteiger partial charge in [0.05, 0.1) is 24.4 Å². The second kappa shape index (κ2) is 10.2. The first kappa shape index (κ1) is 21.1. The van der Waals surface area contributed by atoms with Crippen LogP contribution < -0.4 is 16.0 Å². The summed E-state index contributed by atoms with van der Waals surface area (Å²) in [4.78, 5) is 36.8. The average molecular weight is 383 g/mol. The van der Waals surface area contributed by atoms with Crippen LogP contribution in [0.15, 0.2) is 54.6 Å². The highest BCUT2D eigenvalue weighted by Crippen LogP contribution is 2.16. The Hall–Kier alpha value is -3.19. The molecule has 7 nitrogen and oxygen atoms in total. The van der Waals surface area contributed by atoms with Crippen molar-refractivity contribution in [3.63, 3.8) is 0 Å². The molecule has 0 aliphatic carbocycles. The number of carbonyl (C=O) groups is 3. The maximum Gasteiger partial charge on any atom is 0.328 e. The number of rotatable bonds is 8. The summed E-state index contributed by atoms with van der Waals surface area (Å²) in [6.07, 6.45) is 0.511. The number of anilines is 1. The molecular formula is C21H25N3O4. The van der Waals surface area contributed by atoms with E-state index in [-0.39, 0.29) is 11.5 Å². The predicted molar refractivity (Wildman–Crippen MR) is 107 cm³/mol. The fourth-order valence-corrected chi connectivity index (χ4v) is 2.70. The predicted octanol–water partition coefficient (Wildman–Crippen LogP) is 1.75. The lowest BCUT2D eigenvalue weighted by Gasteiger charge is -2.18. The Morgan fingerprint density at radius 1 is 1.00 bits per heavy atom. The van der Waals surface area contributed by atoms with Crippen LogP contribution in [-0.4, -0.2) is 44.0 Å². The molecule has 2 amide bonds. The fourth-order valence-electron chi connectivity index (χ4n) is 2.70. The molecule has 3 N–H and O–H groups in total. The molecule has 28 heavy (non-hydrogen) atoms. The third-order valence-electron chi connectivity index (χ3n) is 4.28. The summed E-state index contributed by atoms with van der Waals surface area (Å²) >= 11 is 0. The highest BCUT2D eigenvalue weighted by Gasteiger charge is 2.22. The molecule has 2 aromatic rings. The number of esters is 1. The number of hydrogen-bond donors (Lipinski definition) is 3. The first-order chi connectivity index (χ1) is 13.5. The van der Waals surface area contributed by atoms with Gasteiger partial charge in [0.1, 0.15) is 6.04 Å². The molecule has 0 bridgehead atoms. The van der Waals surface area contributed by atoms with Crippen LogP contribution in [0.25, 0.3) is 0 Å². The highest BCUT2D eigenvalue weighted by molar-refractivity contribution is 6.05. The van der Waals surface area contributed by atoms with Gasteiger partial charge < -0.3 is 20.7 Å². The van der Waals surface area contributed by atoms with Crippen LogP contribution in [-0.2, 0) is 20.7 Å². The number of amides is 2. The molecule has 0 spiro atoms. The quantitative estimate of drug-likeness (QED) is 0.604. The van der Waals surface area contributed by atoms with Gasteiger partial charge in [0.2, 0.25) is 5.91 Å². The third-order valence-corrected chi connectivity index (χ3v) is 4.28. The van der Waals surface area contributed by atoms with E-state index in [1.54, 1.807) is 31.3 Å². The zero-order valence-electron chi connectivity index (χ0n) is 16.2. The lowest BCUT2D eigenvalue weighted by molar-refractivity contribution is -0.142. The van der Waals surface area contributed by atoms with Crippen LogP contribution >= 0.6 is 0 Å². The SMILES string of the molecule is CN[C@@H](Cc1ccccc1)C(=O)Nc1ccccc1C(=O)N[C@@H](C)C(=O)OC. The minimum absolute atomic E-state index is 0.257. The second-order valence-electron chi connectivity index (χ2n) is 6.28. The van der Waals surface area contributed by atoms with E-state index in [1.807, 2.05) is 30.3 Å². The molecule has 2 atom stereocenters. The summed E-state index contributed by atoms with van der Waals surface area (Å²) in [6, 6.07) is 15.0. The van der Waals surface area contributed by atoms with Gasteiger partial charge in [-0.3, -0.25) is 9.59 Å². The number of nitrogens with one attached hydrogen (secondary N) is 3. The summed E-state index contributed by atoms with van der Waals surface area (Å²) in [5.41, 5.74) is 1.66. The van der Waals surface area contributed by atoms with Gasteiger partial charge in [-0.15, -0.1) is 0 Å². The fraction of sp³-hybridized carbons (Fsp3) is 0.286. The van der Waals surface area contributed by atoms with Crippen molar-refractivity contribution in [3.8, 4) is 0 Å². The smallest absolute Gasteiger partial charge is 0.328 e. The Balaban J connectivity index is 2.11. The van der Waals surface area contributed by atoms with E-state index < -0.39 is 24.0 Å². The zero-order chi connectivity index (χ0) is 20.5. The van der Waals surface area contributed by atoms with Crippen LogP contribution in [0.5, 0.6) is 0 Å². The van der Waals surface area contributed by atoms with Crippen molar-refractivity contribution in [2.75, 3.05) is 19.5 Å². The number of ether oxygens (including phenoxy) is 1. The molecule has 0 aliphatic heterocycles. The Morgan fingerprint density at radius 2 is 1.64 bits per heavy atom. The maximum absolute atomic E-state index is 12.7. The summed E-state index contributed by atoms with van der Waals surface area (Å²) in [5, 5.41) is 8.36. The van der Waals surface area contributed by atoms with Crippen LogP contribution in [0.4, 0.5) is 5.69 Å². The molecule has 0 heterocycles. The summed E-state index contributed by atoms with van der Waals surface area (Å²) < 4.78 is 4.61. The first-order valence-electron chi connectivity index (χ1n) is 8.96. The van der Waals surface area contributed by atoms with Crippen LogP contribution in [0.1, 0.15) is 22.8 Å². The van der Waals surface area contributed by atoms with E-state index >= 15 is 0 Å². The minimum atomic E-state index is -0.801. The van der Waals surface area contributed by atoms with E-state index in [4.69, 9.17) is 0 Å². The zero-order valence-corrected chi connectivity index (χ0v) is 16.2. The van der Waals surface area contributed by atoms with E-state index in [2.05, 4.69) is 20.7 Å². The Kier molecular flexibility index (Phi) is 7.71. The van der Waals surface area contributed by atoms with Gasteiger partial charge in [-0.1, -0.05) is 42.5 Å². The lowest BCUT2D eigenvalue weighted by atomic mass is 10.0. The Morgan fingerprint density at radius 3 is 2.29 bits per heavy atom. The minimum Gasteiger partial charge on any atom is -0.467 e. The van der Waals surface area contributed by atoms with Gasteiger partial charge in [-0.05, 0) is 38.1 Å². The van der Waals surface area contributed by atoms with Crippen molar-refractivity contribution in [1.82, 2.24) is 10.6 Å². The number of hydrogen-bond acceptors (Lipinski definition) is 5. The van der Waals surface area contributed by atoms with Gasteiger partial charge >= 0.3 is 5.97 Å². The van der Waals surface area contributed by atoms with Gasteiger partial charge in [0, 0.05) is 0 Å². The highest BCUT2D eigenvalue weighted by atomic mass is 16.5. The van der Waals surface area contributed by atoms with E-state index in [1.165, 1.54) is 14.0 Å². The van der Waals surface area contributed by atoms with Crippen molar-refractivity contribution < 1.29 is 19.1 Å². The molecule has 0 saturated heterocycles. The molecule has 0 fully saturated rings. The summed E-state index contributed by atoms with van der Waals surface area (Å²) in [7, 11) is 2.97. The van der Waals surface area contributed by atoms with Crippen LogP contribution in [0.3, 0.4) is 0 Å². The van der Waals surface area contributed by atoms with Crippen molar-refractivity contribution >= 4 is 23.5 Å². The largest absolute Gasteiger partial charge is 0.467 e. The Bertz CT molecular complexity index is 823. The molecule has 7 heteroatoms. The Labute approximate surface area is 164 Å². The molecule has 0 radical (unpaired) electrons. The van der Waals surface area contributed by atoms with Crippen LogP contribution in [0.2, 0.25) is 0 Å². The number of carbonyl (C=O) groups excluding carboxylic acids is 3. The topological polar surface area (TPSA) is 96.5 Å². The maximum atomic E-state index is 12.7. The third kappa shape index (κ3) is 5.65. The second-order valence-corrected chi connectivity index (χ2v) is 6.28. The van der Waals surface area contributed by atoms with Crippen molar-refractivity contribution in [1.29, 1.82) is 0 Å². The normalized spacial score (nSPS) is 12.5. The van der Waals surface area contributed by atoms with E-state index in [9.17, 15) is 14.4 Å². The van der Waals surface area contributed by atoms with Gasteiger partial charge in [-0.2, -0.15) is 0 Å². The molecular weight excluding hydrogens is 358 g/mol. The number of methoxy groups -OCH3 is 1. The molecule has 2 rings (SSSR count). The van der Waals surface area contributed by atoms with Crippen molar-refractivity contribution in [3.05, 3.63) is 65.7 Å². The molecule has 0 aromatic heterocycles. The molecule has 148 valence electrons. The van der Waals surface area contributed by atoms with Gasteiger partial charge in [0.15, 0.2) is 0 Å². The number of benzene rings is 2. The van der Waals surface area contributed by atoms with Crippen molar-refractivity contribution in [2.24, 2.45) is 0 Å². The lowest BCUT2D eigenvalue weighted by Crippen LogP contribution is -2.41. The summed E-state index contributed by atoms with van der Waals surface area (Å²) in [5.74, 6) is -1.28.